The van der Waals surface area contributed by atoms with Crippen LogP contribution in [-0.2, 0) is 16.4 Å². The van der Waals surface area contributed by atoms with E-state index in [1.165, 1.54) is 18.4 Å². The number of aromatic nitrogens is 3. The van der Waals surface area contributed by atoms with Crippen LogP contribution in [0.1, 0.15) is 13.3 Å². The van der Waals surface area contributed by atoms with Crippen LogP contribution in [-0.4, -0.2) is 29.2 Å². The Bertz CT molecular complexity index is 1300. The minimum absolute atomic E-state index is 0.262. The maximum Gasteiger partial charge on any atom is 0.175 e. The Hall–Kier alpha value is -3.32. The van der Waals surface area contributed by atoms with Gasteiger partial charge in [0.25, 0.3) is 0 Å². The Morgan fingerprint density at radius 2 is 1.48 bits per heavy atom. The fourth-order valence-electron chi connectivity index (χ4n) is 3.58. The van der Waals surface area contributed by atoms with Crippen molar-refractivity contribution < 1.29 is 12.8 Å². The average Bonchev–Trinajstić information content (AvgIpc) is 3.14. The number of benzene rings is 2. The highest BCUT2D eigenvalue weighted by Gasteiger charge is 2.21. The van der Waals surface area contributed by atoms with Gasteiger partial charge in [0, 0.05) is 41.9 Å². The summed E-state index contributed by atoms with van der Waals surface area (Å²) in [6, 6.07) is 16.9. The lowest BCUT2D eigenvalue weighted by Crippen LogP contribution is -2.03. The van der Waals surface area contributed by atoms with Gasteiger partial charge in [-0.05, 0) is 67.1 Å². The lowest BCUT2D eigenvalue weighted by molar-refractivity contribution is 0.602. The van der Waals surface area contributed by atoms with E-state index in [4.69, 9.17) is 4.98 Å². The third-order valence-electron chi connectivity index (χ3n) is 5.03. The largest absolute Gasteiger partial charge is 0.323 e. The maximum absolute atomic E-state index is 13.5. The van der Waals surface area contributed by atoms with Gasteiger partial charge in [-0.15, -0.1) is 0 Å². The lowest BCUT2D eigenvalue weighted by atomic mass is 10.1. The SMILES string of the molecule is CCCn1c(-c2ccc(S(C)(=O)=O)cc2)nc(-c2ccc(F)cc2)c1-c1ccncc1. The topological polar surface area (TPSA) is 64.8 Å². The molecule has 0 aliphatic rings. The molecule has 0 fully saturated rings. The van der Waals surface area contributed by atoms with Crippen molar-refractivity contribution in [3.63, 3.8) is 0 Å². The van der Waals surface area contributed by atoms with Crippen molar-refractivity contribution in [1.82, 2.24) is 14.5 Å². The Kier molecular flexibility index (Phi) is 5.69. The first kappa shape index (κ1) is 20.9. The van der Waals surface area contributed by atoms with Gasteiger partial charge in [-0.25, -0.2) is 17.8 Å². The summed E-state index contributed by atoms with van der Waals surface area (Å²) >= 11 is 0. The molecule has 7 heteroatoms. The lowest BCUT2D eigenvalue weighted by Gasteiger charge is -2.12. The van der Waals surface area contributed by atoms with Crippen LogP contribution in [0.5, 0.6) is 0 Å². The molecule has 0 aliphatic heterocycles. The maximum atomic E-state index is 13.5. The third kappa shape index (κ3) is 4.27. The summed E-state index contributed by atoms with van der Waals surface area (Å²) in [5.74, 6) is 0.423. The van der Waals surface area contributed by atoms with Crippen molar-refractivity contribution >= 4 is 9.84 Å². The average molecular weight is 436 g/mol. The predicted molar refractivity (Wildman–Crippen MR) is 120 cm³/mol. The molecule has 0 spiro atoms. The minimum atomic E-state index is -3.28. The van der Waals surface area contributed by atoms with Crippen LogP contribution >= 0.6 is 0 Å². The Labute approximate surface area is 181 Å². The van der Waals surface area contributed by atoms with Crippen molar-refractivity contribution in [3.8, 4) is 33.9 Å². The van der Waals surface area contributed by atoms with Crippen LogP contribution in [0.2, 0.25) is 0 Å². The van der Waals surface area contributed by atoms with Crippen LogP contribution in [0, 0.1) is 5.82 Å². The predicted octanol–water partition coefficient (Wildman–Crippen LogP) is 5.23. The Morgan fingerprint density at radius 1 is 0.871 bits per heavy atom. The molecule has 0 unspecified atom stereocenters. The number of halogens is 1. The first-order valence-corrected chi connectivity index (χ1v) is 11.8. The molecule has 0 saturated carbocycles. The molecule has 0 amide bonds. The molecule has 2 aromatic carbocycles. The Morgan fingerprint density at radius 3 is 2.06 bits per heavy atom. The second kappa shape index (κ2) is 8.43. The van der Waals surface area contributed by atoms with E-state index in [0.29, 0.717) is 0 Å². The molecule has 0 atom stereocenters. The fourth-order valence-corrected chi connectivity index (χ4v) is 4.21. The molecule has 2 aromatic heterocycles. The molecule has 158 valence electrons. The number of sulfone groups is 1. The van der Waals surface area contributed by atoms with Gasteiger partial charge in [0.1, 0.15) is 11.6 Å². The van der Waals surface area contributed by atoms with Crippen LogP contribution in [0.25, 0.3) is 33.9 Å². The van der Waals surface area contributed by atoms with E-state index in [1.54, 1.807) is 48.8 Å². The monoisotopic (exact) mass is 435 g/mol. The molecule has 31 heavy (non-hydrogen) atoms. The summed E-state index contributed by atoms with van der Waals surface area (Å²) in [4.78, 5) is 9.32. The summed E-state index contributed by atoms with van der Waals surface area (Å²) < 4.78 is 39.4. The molecule has 2 heterocycles. The first-order valence-electron chi connectivity index (χ1n) is 9.96. The number of hydrogen-bond acceptors (Lipinski definition) is 4. The number of hydrogen-bond donors (Lipinski definition) is 0. The van der Waals surface area contributed by atoms with Gasteiger partial charge < -0.3 is 4.57 Å². The quantitative estimate of drug-likeness (QED) is 0.416. The van der Waals surface area contributed by atoms with Crippen molar-refractivity contribution in [2.45, 2.75) is 24.8 Å². The summed E-state index contributed by atoms with van der Waals surface area (Å²) in [5, 5.41) is 0. The zero-order valence-electron chi connectivity index (χ0n) is 17.3. The summed E-state index contributed by atoms with van der Waals surface area (Å²) in [6.07, 6.45) is 5.53. The molecular weight excluding hydrogens is 413 g/mol. The standard InChI is InChI=1S/C24H22FN3O2S/c1-3-16-28-23(18-12-14-26-15-13-18)22(17-4-8-20(25)9-5-17)27-24(28)19-6-10-21(11-7-19)31(2,29)30/h4-15H,3,16H2,1-2H3. The number of imidazole rings is 1. The van der Waals surface area contributed by atoms with Gasteiger partial charge in [0.2, 0.25) is 0 Å². The zero-order chi connectivity index (χ0) is 22.0. The number of rotatable bonds is 6. The summed E-state index contributed by atoms with van der Waals surface area (Å²) in [5.41, 5.74) is 4.22. The summed E-state index contributed by atoms with van der Waals surface area (Å²) in [6.45, 7) is 2.81. The van der Waals surface area contributed by atoms with E-state index in [1.807, 2.05) is 12.1 Å². The molecule has 0 radical (unpaired) electrons. The second-order valence-electron chi connectivity index (χ2n) is 7.32. The van der Waals surface area contributed by atoms with Crippen LogP contribution in [0.4, 0.5) is 4.39 Å². The smallest absolute Gasteiger partial charge is 0.175 e. The van der Waals surface area contributed by atoms with Gasteiger partial charge >= 0.3 is 0 Å². The number of nitrogens with zero attached hydrogens (tertiary/aromatic N) is 3. The van der Waals surface area contributed by atoms with E-state index in [2.05, 4.69) is 16.5 Å². The Balaban J connectivity index is 1.96. The van der Waals surface area contributed by atoms with Gasteiger partial charge in [-0.2, -0.15) is 0 Å². The van der Waals surface area contributed by atoms with Crippen LogP contribution in [0.3, 0.4) is 0 Å². The molecule has 0 N–H and O–H groups in total. The van der Waals surface area contributed by atoms with E-state index < -0.39 is 9.84 Å². The zero-order valence-corrected chi connectivity index (χ0v) is 18.1. The van der Waals surface area contributed by atoms with Crippen molar-refractivity contribution in [2.75, 3.05) is 6.26 Å². The van der Waals surface area contributed by atoms with Gasteiger partial charge in [-0.1, -0.05) is 6.92 Å². The number of pyridine rings is 1. The molecule has 0 saturated heterocycles. The molecule has 0 bridgehead atoms. The van der Waals surface area contributed by atoms with Crippen LogP contribution in [0.15, 0.2) is 78.0 Å². The van der Waals surface area contributed by atoms with Crippen molar-refractivity contribution in [1.29, 1.82) is 0 Å². The van der Waals surface area contributed by atoms with Gasteiger partial charge in [0.15, 0.2) is 9.84 Å². The summed E-state index contributed by atoms with van der Waals surface area (Å²) in [7, 11) is -3.28. The second-order valence-corrected chi connectivity index (χ2v) is 9.34. The van der Waals surface area contributed by atoms with Crippen molar-refractivity contribution in [2.24, 2.45) is 0 Å². The van der Waals surface area contributed by atoms with Crippen molar-refractivity contribution in [3.05, 3.63) is 78.9 Å². The first-order chi connectivity index (χ1) is 14.9. The van der Waals surface area contributed by atoms with E-state index in [-0.39, 0.29) is 10.7 Å². The minimum Gasteiger partial charge on any atom is -0.323 e. The fraction of sp³-hybridized carbons (Fsp3) is 0.167. The highest BCUT2D eigenvalue weighted by atomic mass is 32.2. The van der Waals surface area contributed by atoms with Gasteiger partial charge in [-0.3, -0.25) is 4.98 Å². The van der Waals surface area contributed by atoms with Crippen LogP contribution < -0.4 is 0 Å². The van der Waals surface area contributed by atoms with E-state index >= 15 is 0 Å². The molecular formula is C24H22FN3O2S. The third-order valence-corrected chi connectivity index (χ3v) is 6.16. The van der Waals surface area contributed by atoms with Gasteiger partial charge in [0.05, 0.1) is 16.3 Å². The van der Waals surface area contributed by atoms with E-state index in [0.717, 1.165) is 46.9 Å². The molecule has 4 rings (SSSR count). The van der Waals surface area contributed by atoms with E-state index in [9.17, 15) is 12.8 Å². The molecule has 0 aliphatic carbocycles. The molecule has 4 aromatic rings. The highest BCUT2D eigenvalue weighted by molar-refractivity contribution is 7.90. The highest BCUT2D eigenvalue weighted by Crippen LogP contribution is 2.36. The molecule has 5 nitrogen and oxygen atoms in total. The normalized spacial score (nSPS) is 11.6.